The summed E-state index contributed by atoms with van der Waals surface area (Å²) in [4.78, 5) is 34.0. The maximum Gasteiger partial charge on any atom is 0.260 e. The molecule has 36 heavy (non-hydrogen) atoms. The molecule has 2 N–H and O–H groups in total. The summed E-state index contributed by atoms with van der Waals surface area (Å²) in [5, 5.41) is 14.7. The zero-order valence-corrected chi connectivity index (χ0v) is 21.4. The van der Waals surface area contributed by atoms with Gasteiger partial charge in [0.1, 0.15) is 4.83 Å². The number of carbonyl (C=O) groups excluding carboxylic acids is 2. The molecular weight excluding hydrogens is 476 g/mol. The highest BCUT2D eigenvalue weighted by atomic mass is 32.1. The molecule has 4 aromatic rings. The maximum atomic E-state index is 13.2. The number of nitrogens with zero attached hydrogens (tertiary/aromatic N) is 6. The van der Waals surface area contributed by atoms with Crippen molar-refractivity contribution in [1.82, 2.24) is 29.3 Å². The lowest BCUT2D eigenvalue weighted by Gasteiger charge is -2.45. The van der Waals surface area contributed by atoms with E-state index < -0.39 is 0 Å². The van der Waals surface area contributed by atoms with Crippen molar-refractivity contribution >= 4 is 39.4 Å². The van der Waals surface area contributed by atoms with Crippen molar-refractivity contribution in [3.8, 4) is 10.4 Å². The molecule has 0 spiro atoms. The fourth-order valence-electron chi connectivity index (χ4n) is 5.13. The highest BCUT2D eigenvalue weighted by molar-refractivity contribution is 7.21. The molecule has 1 saturated heterocycles. The van der Waals surface area contributed by atoms with Crippen molar-refractivity contribution in [1.29, 1.82) is 0 Å². The van der Waals surface area contributed by atoms with Gasteiger partial charge in [-0.15, -0.1) is 11.3 Å². The predicted molar refractivity (Wildman–Crippen MR) is 138 cm³/mol. The van der Waals surface area contributed by atoms with Crippen LogP contribution in [0, 0.1) is 12.3 Å². The lowest BCUT2D eigenvalue weighted by molar-refractivity contribution is -0.120. The minimum absolute atomic E-state index is 0.0930. The molecule has 2 aliphatic rings. The summed E-state index contributed by atoms with van der Waals surface area (Å²) >= 11 is 1.53. The maximum absolute atomic E-state index is 13.2. The monoisotopic (exact) mass is 504 g/mol. The Morgan fingerprint density at radius 1 is 1.14 bits per heavy atom. The summed E-state index contributed by atoms with van der Waals surface area (Å²) < 4.78 is 3.80. The van der Waals surface area contributed by atoms with E-state index >= 15 is 0 Å². The molecule has 0 radical (unpaired) electrons. The van der Waals surface area contributed by atoms with Crippen LogP contribution in [0.1, 0.15) is 42.0 Å². The van der Waals surface area contributed by atoms with Crippen molar-refractivity contribution in [2.24, 2.45) is 5.41 Å². The lowest BCUT2D eigenvalue weighted by atomic mass is 9.84. The van der Waals surface area contributed by atoms with Gasteiger partial charge in [0.2, 0.25) is 5.91 Å². The SMILES string of the molecule is Cc1ncc(NC(=O)CN2CC(C)(C)C2)cc1NC(=O)c1cnn2cc(-c3cnn4c3CCC4)sc12. The summed E-state index contributed by atoms with van der Waals surface area (Å²) in [5.74, 6) is -0.362. The molecular formula is C25H28N8O2S. The summed E-state index contributed by atoms with van der Waals surface area (Å²) in [5.41, 5.74) is 4.87. The van der Waals surface area contributed by atoms with E-state index in [0.29, 0.717) is 29.2 Å². The molecule has 0 bridgehead atoms. The van der Waals surface area contributed by atoms with Gasteiger partial charge in [-0.3, -0.25) is 24.2 Å². The van der Waals surface area contributed by atoms with Crippen molar-refractivity contribution < 1.29 is 9.59 Å². The Hall–Kier alpha value is -3.57. The molecule has 10 nitrogen and oxygen atoms in total. The Bertz CT molecular complexity index is 1490. The zero-order chi connectivity index (χ0) is 25.0. The molecule has 0 unspecified atom stereocenters. The van der Waals surface area contributed by atoms with Gasteiger partial charge < -0.3 is 10.6 Å². The summed E-state index contributed by atoms with van der Waals surface area (Å²) in [6.45, 7) is 9.31. The third-order valence-electron chi connectivity index (χ3n) is 6.73. The summed E-state index contributed by atoms with van der Waals surface area (Å²) in [7, 11) is 0. The number of hydrogen-bond donors (Lipinski definition) is 2. The third kappa shape index (κ3) is 4.18. The molecule has 0 atom stereocenters. The van der Waals surface area contributed by atoms with Crippen LogP contribution in [0.25, 0.3) is 15.3 Å². The van der Waals surface area contributed by atoms with E-state index in [1.807, 2.05) is 19.3 Å². The number of rotatable bonds is 6. The number of nitrogens with one attached hydrogen (secondary N) is 2. The van der Waals surface area contributed by atoms with Crippen LogP contribution in [-0.4, -0.2) is 60.7 Å². The second-order valence-corrected chi connectivity index (χ2v) is 11.4. The van der Waals surface area contributed by atoms with E-state index in [4.69, 9.17) is 0 Å². The Morgan fingerprint density at radius 2 is 1.97 bits per heavy atom. The number of carbonyl (C=O) groups is 2. The number of likely N-dealkylation sites (tertiary alicyclic amines) is 1. The molecule has 6 heterocycles. The van der Waals surface area contributed by atoms with Crippen LogP contribution in [0.5, 0.6) is 0 Å². The van der Waals surface area contributed by atoms with Gasteiger partial charge in [-0.05, 0) is 31.2 Å². The van der Waals surface area contributed by atoms with E-state index in [2.05, 4.69) is 49.2 Å². The number of amides is 2. The predicted octanol–water partition coefficient (Wildman–Crippen LogP) is 3.44. The van der Waals surface area contributed by atoms with Gasteiger partial charge in [0.05, 0.1) is 52.6 Å². The van der Waals surface area contributed by atoms with Gasteiger partial charge >= 0.3 is 0 Å². The number of aromatic nitrogens is 5. The largest absolute Gasteiger partial charge is 0.324 e. The van der Waals surface area contributed by atoms with Gasteiger partial charge in [0.15, 0.2) is 0 Å². The van der Waals surface area contributed by atoms with Crippen molar-refractivity contribution in [2.45, 2.75) is 40.2 Å². The van der Waals surface area contributed by atoms with Crippen molar-refractivity contribution in [3.05, 3.63) is 47.8 Å². The second-order valence-electron chi connectivity index (χ2n) is 10.4. The van der Waals surface area contributed by atoms with Crippen LogP contribution in [0.2, 0.25) is 0 Å². The van der Waals surface area contributed by atoms with Crippen molar-refractivity contribution in [2.75, 3.05) is 30.3 Å². The first-order chi connectivity index (χ1) is 17.3. The van der Waals surface area contributed by atoms with Crippen LogP contribution in [0.3, 0.4) is 0 Å². The van der Waals surface area contributed by atoms with Crippen LogP contribution < -0.4 is 10.6 Å². The Labute approximate surface area is 212 Å². The molecule has 0 aromatic carbocycles. The first kappa shape index (κ1) is 22.9. The third-order valence-corrected chi connectivity index (χ3v) is 7.87. The molecule has 2 aliphatic heterocycles. The quantitative estimate of drug-likeness (QED) is 0.416. The number of aryl methyl sites for hydroxylation is 2. The number of pyridine rings is 1. The van der Waals surface area contributed by atoms with Gasteiger partial charge in [-0.25, -0.2) is 4.52 Å². The number of thiazole rings is 1. The first-order valence-electron chi connectivity index (χ1n) is 12.1. The minimum atomic E-state index is -0.269. The van der Waals surface area contributed by atoms with Crippen LogP contribution >= 0.6 is 11.3 Å². The van der Waals surface area contributed by atoms with Gasteiger partial charge in [-0.2, -0.15) is 10.2 Å². The van der Waals surface area contributed by atoms with Crippen LogP contribution in [-0.2, 0) is 17.8 Å². The smallest absolute Gasteiger partial charge is 0.260 e. The molecule has 1 fully saturated rings. The summed E-state index contributed by atoms with van der Waals surface area (Å²) in [6, 6.07) is 1.74. The average Bonchev–Trinajstić information content (AvgIpc) is 3.55. The second kappa shape index (κ2) is 8.52. The first-order valence-corrected chi connectivity index (χ1v) is 12.9. The fourth-order valence-corrected chi connectivity index (χ4v) is 6.22. The molecule has 0 aliphatic carbocycles. The Morgan fingerprint density at radius 3 is 2.78 bits per heavy atom. The van der Waals surface area contributed by atoms with E-state index in [-0.39, 0.29) is 17.2 Å². The Kier molecular flexibility index (Phi) is 5.41. The van der Waals surface area contributed by atoms with E-state index in [1.54, 1.807) is 23.0 Å². The van der Waals surface area contributed by atoms with Crippen LogP contribution in [0.4, 0.5) is 11.4 Å². The van der Waals surface area contributed by atoms with Gasteiger partial charge in [-0.1, -0.05) is 13.8 Å². The molecule has 11 heteroatoms. The zero-order valence-electron chi connectivity index (χ0n) is 20.5. The number of hydrogen-bond acceptors (Lipinski definition) is 7. The summed E-state index contributed by atoms with van der Waals surface area (Å²) in [6.07, 6.45) is 9.16. The highest BCUT2D eigenvalue weighted by Gasteiger charge is 2.34. The Balaban J connectivity index is 1.17. The molecule has 2 amide bonds. The van der Waals surface area contributed by atoms with Crippen LogP contribution in [0.15, 0.2) is 30.9 Å². The topological polar surface area (TPSA) is 109 Å². The average molecular weight is 505 g/mol. The van der Waals surface area contributed by atoms with Crippen molar-refractivity contribution in [3.63, 3.8) is 0 Å². The number of fused-ring (bicyclic) bond motifs is 2. The standard InChI is InChI=1S/C25H28N8O2S/c1-15-19(7-16(8-26-15)29-22(34)12-31-13-25(2,3)14-31)30-23(35)18-10-28-33-11-21(36-24(18)33)17-9-27-32-6-4-5-20(17)32/h7-11H,4-6,12-14H2,1-3H3,(H,29,34)(H,30,35). The van der Waals surface area contributed by atoms with Gasteiger partial charge in [0.25, 0.3) is 5.91 Å². The van der Waals surface area contributed by atoms with E-state index in [1.165, 1.54) is 17.0 Å². The molecule has 6 rings (SSSR count). The van der Waals surface area contributed by atoms with Gasteiger partial charge in [0, 0.05) is 37.1 Å². The minimum Gasteiger partial charge on any atom is -0.324 e. The number of anilines is 2. The lowest BCUT2D eigenvalue weighted by Crippen LogP contribution is -2.54. The van der Waals surface area contributed by atoms with E-state index in [0.717, 1.165) is 47.7 Å². The van der Waals surface area contributed by atoms with E-state index in [9.17, 15) is 9.59 Å². The molecule has 4 aromatic heterocycles. The molecule has 186 valence electrons. The molecule has 0 saturated carbocycles. The fraction of sp³-hybridized carbons (Fsp3) is 0.400. The normalized spacial score (nSPS) is 16.6. The highest BCUT2D eigenvalue weighted by Crippen LogP contribution is 2.35.